The van der Waals surface area contributed by atoms with E-state index in [9.17, 15) is 9.35 Å². The Hall–Kier alpha value is -0.520. The highest BCUT2D eigenvalue weighted by molar-refractivity contribution is 7.94. The summed E-state index contributed by atoms with van der Waals surface area (Å²) in [5.41, 5.74) is 0.929. The number of hydrogen-bond acceptors (Lipinski definition) is 7. The lowest BCUT2D eigenvalue weighted by atomic mass is 10.1. The van der Waals surface area contributed by atoms with Crippen LogP contribution < -0.4 is 0 Å². The van der Waals surface area contributed by atoms with Crippen molar-refractivity contribution in [1.29, 1.82) is 0 Å². The molecular weight excluding hydrogens is 538 g/mol. The van der Waals surface area contributed by atoms with Crippen LogP contribution in [-0.4, -0.2) is 98.0 Å². The summed E-state index contributed by atoms with van der Waals surface area (Å²) in [6, 6.07) is 7.24. The summed E-state index contributed by atoms with van der Waals surface area (Å²) >= 11 is 6.90. The van der Waals surface area contributed by atoms with Crippen molar-refractivity contribution in [3.63, 3.8) is 0 Å². The molecule has 212 valence electrons. The largest absolute Gasteiger partial charge is 0.578 e. The van der Waals surface area contributed by atoms with E-state index in [1.54, 1.807) is 12.1 Å². The number of hydrogen-bond donors (Lipinski definition) is 0. The van der Waals surface area contributed by atoms with Crippen molar-refractivity contribution in [3.8, 4) is 0 Å². The van der Waals surface area contributed by atoms with E-state index >= 15 is 0 Å². The molecule has 1 spiro atoms. The van der Waals surface area contributed by atoms with Gasteiger partial charge in [-0.25, -0.2) is 8.61 Å². The van der Waals surface area contributed by atoms with E-state index in [1.165, 1.54) is 38.5 Å². The predicted molar refractivity (Wildman–Crippen MR) is 158 cm³/mol. The van der Waals surface area contributed by atoms with Crippen LogP contribution in [0.25, 0.3) is 0 Å². The number of halogens is 1. The maximum atomic E-state index is 13.8. The summed E-state index contributed by atoms with van der Waals surface area (Å²) in [5, 5.41) is 0.644. The van der Waals surface area contributed by atoms with Gasteiger partial charge in [-0.15, -0.1) is 8.61 Å². The second-order valence-electron chi connectivity index (χ2n) is 11.5. The number of nitrogens with zero attached hydrogens (tertiary/aromatic N) is 5. The predicted octanol–water partition coefficient (Wildman–Crippen LogP) is 5.07. The molecule has 1 atom stereocenters. The molecule has 5 rings (SSSR count). The minimum absolute atomic E-state index is 0.0660. The normalized spacial score (nSPS) is 26.0. The van der Waals surface area contributed by atoms with Crippen molar-refractivity contribution < 1.29 is 9.35 Å². The van der Waals surface area contributed by atoms with Crippen LogP contribution in [0.4, 0.5) is 0 Å². The minimum Gasteiger partial charge on any atom is -0.578 e. The van der Waals surface area contributed by atoms with E-state index in [0.29, 0.717) is 17.1 Å². The lowest BCUT2D eigenvalue weighted by Crippen LogP contribution is -2.50. The van der Waals surface area contributed by atoms with Gasteiger partial charge in [0.05, 0.1) is 6.54 Å². The Labute approximate surface area is 241 Å². The summed E-state index contributed by atoms with van der Waals surface area (Å²) in [6.07, 6.45) is 11.6. The SMILES string of the molecule is O=C(c1ccc(Cl)cc1)N1CCCN(SN2CCCCC2)CC2(CC2)CN([S+]([O-])N2CCCCC2)CCC1. The molecule has 0 aromatic heterocycles. The fourth-order valence-corrected chi connectivity index (χ4v) is 8.90. The molecule has 4 aliphatic rings. The van der Waals surface area contributed by atoms with Crippen molar-refractivity contribution in [2.24, 2.45) is 5.41 Å². The van der Waals surface area contributed by atoms with E-state index < -0.39 is 11.5 Å². The molecule has 1 aromatic carbocycles. The molecule has 3 aliphatic heterocycles. The van der Waals surface area contributed by atoms with Gasteiger partial charge in [-0.1, -0.05) is 24.4 Å². The molecule has 10 heteroatoms. The van der Waals surface area contributed by atoms with Crippen LogP contribution in [0, 0.1) is 5.41 Å². The molecule has 1 saturated carbocycles. The van der Waals surface area contributed by atoms with E-state index in [-0.39, 0.29) is 11.3 Å². The molecule has 0 N–H and O–H groups in total. The first-order valence-electron chi connectivity index (χ1n) is 14.7. The highest BCUT2D eigenvalue weighted by atomic mass is 35.5. The van der Waals surface area contributed by atoms with Crippen LogP contribution in [0.2, 0.25) is 5.02 Å². The Morgan fingerprint density at radius 2 is 1.32 bits per heavy atom. The molecule has 4 fully saturated rings. The number of amides is 1. The molecule has 3 heterocycles. The average molecular weight is 582 g/mol. The molecule has 1 aromatic rings. The van der Waals surface area contributed by atoms with Crippen LogP contribution in [-0.2, 0) is 11.5 Å². The number of benzene rings is 1. The van der Waals surface area contributed by atoms with E-state index in [1.807, 2.05) is 29.2 Å². The lowest BCUT2D eigenvalue weighted by molar-refractivity contribution is 0.0742. The first kappa shape index (κ1) is 29.0. The van der Waals surface area contributed by atoms with Crippen LogP contribution in [0.3, 0.4) is 0 Å². The number of rotatable bonds is 5. The van der Waals surface area contributed by atoms with Gasteiger partial charge in [-0.2, -0.15) is 0 Å². The van der Waals surface area contributed by atoms with Crippen molar-refractivity contribution in [2.45, 2.75) is 64.2 Å². The van der Waals surface area contributed by atoms with Gasteiger partial charge in [0.25, 0.3) is 5.91 Å². The summed E-state index contributed by atoms with van der Waals surface area (Å²) in [5.74, 6) is 0.0660. The third-order valence-corrected chi connectivity index (χ3v) is 11.3. The zero-order chi connectivity index (χ0) is 26.4. The number of carbonyl (C=O) groups is 1. The van der Waals surface area contributed by atoms with Gasteiger partial charge in [0.1, 0.15) is 11.5 Å². The minimum atomic E-state index is -1.11. The van der Waals surface area contributed by atoms with Gasteiger partial charge >= 0.3 is 0 Å². The molecular formula is C28H44ClN5O2S2. The Morgan fingerprint density at radius 1 is 0.737 bits per heavy atom. The van der Waals surface area contributed by atoms with Crippen LogP contribution in [0.15, 0.2) is 24.3 Å². The van der Waals surface area contributed by atoms with E-state index in [4.69, 9.17) is 11.6 Å². The van der Waals surface area contributed by atoms with Crippen molar-refractivity contribution in [2.75, 3.05) is 65.4 Å². The number of carbonyl (C=O) groups excluding carboxylic acids is 1. The van der Waals surface area contributed by atoms with E-state index in [2.05, 4.69) is 17.2 Å². The zero-order valence-electron chi connectivity index (χ0n) is 22.7. The molecule has 1 amide bonds. The van der Waals surface area contributed by atoms with Gasteiger partial charge in [-0.05, 0) is 75.6 Å². The second kappa shape index (κ2) is 13.9. The smallest absolute Gasteiger partial charge is 0.253 e. The Balaban J connectivity index is 1.31. The molecule has 0 bridgehead atoms. The molecule has 0 radical (unpaired) electrons. The van der Waals surface area contributed by atoms with Gasteiger partial charge in [0.2, 0.25) is 0 Å². The number of piperidine rings is 2. The van der Waals surface area contributed by atoms with Crippen molar-refractivity contribution >= 4 is 41.2 Å². The Bertz CT molecular complexity index is 894. The summed E-state index contributed by atoms with van der Waals surface area (Å²) in [7, 11) is 0. The van der Waals surface area contributed by atoms with Crippen molar-refractivity contribution in [3.05, 3.63) is 34.9 Å². The molecule has 38 heavy (non-hydrogen) atoms. The van der Waals surface area contributed by atoms with Crippen molar-refractivity contribution in [1.82, 2.24) is 22.1 Å². The van der Waals surface area contributed by atoms with Crippen LogP contribution >= 0.6 is 23.7 Å². The molecule has 1 aliphatic carbocycles. The van der Waals surface area contributed by atoms with Gasteiger partial charge < -0.3 is 9.45 Å². The summed E-state index contributed by atoms with van der Waals surface area (Å²) in [4.78, 5) is 15.5. The Kier molecular flexibility index (Phi) is 10.6. The molecule has 1 unspecified atom stereocenters. The van der Waals surface area contributed by atoms with Gasteiger partial charge in [-0.3, -0.25) is 4.79 Å². The average Bonchev–Trinajstić information content (AvgIpc) is 3.70. The van der Waals surface area contributed by atoms with E-state index in [0.717, 1.165) is 84.6 Å². The highest BCUT2D eigenvalue weighted by Crippen LogP contribution is 2.48. The monoisotopic (exact) mass is 581 g/mol. The first-order valence-corrected chi connectivity index (χ1v) is 16.8. The lowest BCUT2D eigenvalue weighted by Gasteiger charge is -2.38. The standard InChI is InChI=1S/C28H44ClN5O2S2/c29-26-11-9-25(10-12-26)27(35)30-15-7-19-32(37-31-17-3-1-4-18-31)23-28(13-14-28)24-34(22-8-16-30)38(36)33-20-5-2-6-21-33/h9-12H,1-8,13-24H2. The summed E-state index contributed by atoms with van der Waals surface area (Å²) in [6.45, 7) is 9.22. The fraction of sp³-hybridized carbons (Fsp3) is 0.750. The maximum Gasteiger partial charge on any atom is 0.253 e. The maximum absolute atomic E-state index is 13.8. The first-order chi connectivity index (χ1) is 18.5. The molecule has 7 nitrogen and oxygen atoms in total. The highest BCUT2D eigenvalue weighted by Gasteiger charge is 2.48. The molecule has 3 saturated heterocycles. The summed E-state index contributed by atoms with van der Waals surface area (Å²) < 4.78 is 23.3. The second-order valence-corrected chi connectivity index (χ2v) is 14.7. The fourth-order valence-electron chi connectivity index (χ4n) is 5.91. The zero-order valence-corrected chi connectivity index (χ0v) is 25.1. The quantitative estimate of drug-likeness (QED) is 0.355. The Morgan fingerprint density at radius 3 is 1.97 bits per heavy atom. The van der Waals surface area contributed by atoms with Crippen LogP contribution in [0.1, 0.15) is 74.6 Å². The third-order valence-electron chi connectivity index (χ3n) is 8.33. The topological polar surface area (TPSA) is 56.3 Å². The van der Waals surface area contributed by atoms with Gasteiger partial charge in [0.15, 0.2) is 0 Å². The van der Waals surface area contributed by atoms with Gasteiger partial charge in [0, 0.05) is 87.0 Å². The third kappa shape index (κ3) is 8.03. The van der Waals surface area contributed by atoms with Crippen LogP contribution in [0.5, 0.6) is 0 Å².